The van der Waals surface area contributed by atoms with Crippen LogP contribution in [0, 0.1) is 0 Å². The van der Waals surface area contributed by atoms with Crippen LogP contribution in [0.25, 0.3) is 0 Å². The molecular formula is C14H22N2O4S2. The number of hydrogen-bond donors (Lipinski definition) is 1. The number of nitrogens with zero attached hydrogens (tertiary/aromatic N) is 1. The summed E-state index contributed by atoms with van der Waals surface area (Å²) in [6.45, 7) is 0. The molecule has 0 bridgehead atoms. The van der Waals surface area contributed by atoms with E-state index in [1.165, 1.54) is 38.4 Å². The van der Waals surface area contributed by atoms with Crippen LogP contribution in [0.5, 0.6) is 0 Å². The standard InChI is InChI=1S/C14H22N2O4S2/c1-16(2)22(19,20)14-10-6-9-13(11-14)21(17,18)15-12-7-4-3-5-8-12/h6,9-12,15H,3-5,7-8H2,1-2H3. The summed E-state index contributed by atoms with van der Waals surface area (Å²) in [4.78, 5) is -0.0370. The van der Waals surface area contributed by atoms with Crippen LogP contribution in [-0.4, -0.2) is 41.3 Å². The molecule has 1 fully saturated rings. The Morgan fingerprint density at radius 2 is 1.59 bits per heavy atom. The first-order chi connectivity index (χ1) is 10.2. The fourth-order valence-electron chi connectivity index (χ4n) is 2.52. The first-order valence-corrected chi connectivity index (χ1v) is 10.2. The maximum absolute atomic E-state index is 12.4. The summed E-state index contributed by atoms with van der Waals surface area (Å²) >= 11 is 0. The molecule has 8 heteroatoms. The predicted molar refractivity (Wildman–Crippen MR) is 84.5 cm³/mol. The van der Waals surface area contributed by atoms with Gasteiger partial charge in [-0.3, -0.25) is 0 Å². The van der Waals surface area contributed by atoms with Crippen molar-refractivity contribution >= 4 is 20.0 Å². The lowest BCUT2D eigenvalue weighted by Gasteiger charge is -2.22. The zero-order valence-electron chi connectivity index (χ0n) is 12.8. The molecule has 6 nitrogen and oxygen atoms in total. The van der Waals surface area contributed by atoms with E-state index in [0.717, 1.165) is 36.4 Å². The highest BCUT2D eigenvalue weighted by molar-refractivity contribution is 7.90. The molecule has 1 aliphatic rings. The van der Waals surface area contributed by atoms with Gasteiger partial charge >= 0.3 is 0 Å². The first kappa shape index (κ1) is 17.4. The Kier molecular flexibility index (Phi) is 5.26. The van der Waals surface area contributed by atoms with E-state index in [2.05, 4.69) is 4.72 Å². The van der Waals surface area contributed by atoms with Gasteiger partial charge in [0, 0.05) is 20.1 Å². The molecule has 0 unspecified atom stereocenters. The average molecular weight is 346 g/mol. The minimum atomic E-state index is -3.70. The fraction of sp³-hybridized carbons (Fsp3) is 0.571. The molecule has 124 valence electrons. The van der Waals surface area contributed by atoms with E-state index in [4.69, 9.17) is 0 Å². The van der Waals surface area contributed by atoms with Crippen molar-refractivity contribution < 1.29 is 16.8 Å². The molecule has 1 aromatic rings. The van der Waals surface area contributed by atoms with Crippen LogP contribution in [0.1, 0.15) is 32.1 Å². The second-order valence-electron chi connectivity index (χ2n) is 5.72. The topological polar surface area (TPSA) is 83.6 Å². The normalized spacial score (nSPS) is 17.8. The SMILES string of the molecule is CN(C)S(=O)(=O)c1cccc(S(=O)(=O)NC2CCCCC2)c1. The van der Waals surface area contributed by atoms with Crippen molar-refractivity contribution in [3.63, 3.8) is 0 Å². The van der Waals surface area contributed by atoms with Crippen molar-refractivity contribution in [2.75, 3.05) is 14.1 Å². The molecule has 1 aliphatic carbocycles. The van der Waals surface area contributed by atoms with Crippen molar-refractivity contribution in [1.29, 1.82) is 0 Å². The molecule has 0 atom stereocenters. The highest BCUT2D eigenvalue weighted by Gasteiger charge is 2.24. The second kappa shape index (κ2) is 6.66. The van der Waals surface area contributed by atoms with Gasteiger partial charge < -0.3 is 0 Å². The van der Waals surface area contributed by atoms with Crippen LogP contribution in [0.2, 0.25) is 0 Å². The van der Waals surface area contributed by atoms with E-state index >= 15 is 0 Å². The minimum Gasteiger partial charge on any atom is -0.208 e. The second-order valence-corrected chi connectivity index (χ2v) is 9.58. The Balaban J connectivity index is 2.28. The van der Waals surface area contributed by atoms with Gasteiger partial charge in [0.2, 0.25) is 20.0 Å². The van der Waals surface area contributed by atoms with Crippen LogP contribution >= 0.6 is 0 Å². The number of hydrogen-bond acceptors (Lipinski definition) is 4. The van der Waals surface area contributed by atoms with E-state index in [-0.39, 0.29) is 15.8 Å². The van der Waals surface area contributed by atoms with Gasteiger partial charge in [0.1, 0.15) is 0 Å². The smallest absolute Gasteiger partial charge is 0.208 e. The molecule has 0 aromatic heterocycles. The van der Waals surface area contributed by atoms with Crippen LogP contribution < -0.4 is 4.72 Å². The van der Waals surface area contributed by atoms with E-state index in [1.807, 2.05) is 0 Å². The third kappa shape index (κ3) is 3.87. The maximum Gasteiger partial charge on any atom is 0.242 e. The van der Waals surface area contributed by atoms with Gasteiger partial charge in [0.15, 0.2) is 0 Å². The predicted octanol–water partition coefficient (Wildman–Crippen LogP) is 1.55. The summed E-state index contributed by atoms with van der Waals surface area (Å²) in [6.07, 6.45) is 4.82. The molecule has 0 aliphatic heterocycles. The highest BCUT2D eigenvalue weighted by atomic mass is 32.2. The van der Waals surface area contributed by atoms with Crippen molar-refractivity contribution in [3.05, 3.63) is 24.3 Å². The Hall–Kier alpha value is -0.960. The number of rotatable bonds is 5. The summed E-state index contributed by atoms with van der Waals surface area (Å²) in [6, 6.07) is 5.41. The highest BCUT2D eigenvalue weighted by Crippen LogP contribution is 2.22. The number of nitrogens with one attached hydrogen (secondary N) is 1. The largest absolute Gasteiger partial charge is 0.242 e. The molecular weight excluding hydrogens is 324 g/mol. The summed E-state index contributed by atoms with van der Waals surface area (Å²) in [5, 5.41) is 0. The third-order valence-electron chi connectivity index (χ3n) is 3.82. The van der Waals surface area contributed by atoms with Gasteiger partial charge in [-0.05, 0) is 31.0 Å². The van der Waals surface area contributed by atoms with Crippen molar-refractivity contribution in [3.8, 4) is 0 Å². The lowest BCUT2D eigenvalue weighted by Crippen LogP contribution is -2.36. The summed E-state index contributed by atoms with van der Waals surface area (Å²) in [5.74, 6) is 0. The lowest BCUT2D eigenvalue weighted by molar-refractivity contribution is 0.412. The van der Waals surface area contributed by atoms with Gasteiger partial charge in [-0.15, -0.1) is 0 Å². The van der Waals surface area contributed by atoms with E-state index in [1.54, 1.807) is 0 Å². The van der Waals surface area contributed by atoms with Crippen LogP contribution in [0.3, 0.4) is 0 Å². The number of sulfonamides is 2. The quantitative estimate of drug-likeness (QED) is 0.877. The van der Waals surface area contributed by atoms with Gasteiger partial charge in [-0.1, -0.05) is 25.3 Å². The average Bonchev–Trinajstić information content (AvgIpc) is 2.48. The molecule has 2 rings (SSSR count). The molecule has 0 saturated heterocycles. The van der Waals surface area contributed by atoms with E-state index < -0.39 is 20.0 Å². The third-order valence-corrected chi connectivity index (χ3v) is 7.15. The van der Waals surface area contributed by atoms with Gasteiger partial charge in [-0.2, -0.15) is 0 Å². The zero-order chi connectivity index (χ0) is 16.4. The molecule has 0 spiro atoms. The Morgan fingerprint density at radius 1 is 1.00 bits per heavy atom. The van der Waals surface area contributed by atoms with Gasteiger partial charge in [0.05, 0.1) is 9.79 Å². The van der Waals surface area contributed by atoms with Crippen LogP contribution in [0.4, 0.5) is 0 Å². The van der Waals surface area contributed by atoms with Crippen molar-refractivity contribution in [2.45, 2.75) is 47.9 Å². The first-order valence-electron chi connectivity index (χ1n) is 7.28. The van der Waals surface area contributed by atoms with Crippen LogP contribution in [-0.2, 0) is 20.0 Å². The van der Waals surface area contributed by atoms with Gasteiger partial charge in [0.25, 0.3) is 0 Å². The molecule has 1 saturated carbocycles. The van der Waals surface area contributed by atoms with Crippen molar-refractivity contribution in [1.82, 2.24) is 9.03 Å². The zero-order valence-corrected chi connectivity index (χ0v) is 14.5. The molecule has 1 N–H and O–H groups in total. The summed E-state index contributed by atoms with van der Waals surface area (Å²) in [5.41, 5.74) is 0. The van der Waals surface area contributed by atoms with E-state index in [0.29, 0.717) is 0 Å². The van der Waals surface area contributed by atoms with E-state index in [9.17, 15) is 16.8 Å². The Labute approximate surface area is 132 Å². The minimum absolute atomic E-state index is 0.0130. The fourth-order valence-corrected chi connectivity index (χ4v) is 4.89. The molecule has 0 amide bonds. The van der Waals surface area contributed by atoms with Crippen LogP contribution in [0.15, 0.2) is 34.1 Å². The maximum atomic E-state index is 12.4. The summed E-state index contributed by atoms with van der Waals surface area (Å²) < 4.78 is 52.8. The van der Waals surface area contributed by atoms with Crippen molar-refractivity contribution in [2.24, 2.45) is 0 Å². The molecule has 0 radical (unpaired) electrons. The monoisotopic (exact) mass is 346 g/mol. The number of benzene rings is 1. The molecule has 0 heterocycles. The molecule has 22 heavy (non-hydrogen) atoms. The van der Waals surface area contributed by atoms with Gasteiger partial charge in [-0.25, -0.2) is 25.9 Å². The summed E-state index contributed by atoms with van der Waals surface area (Å²) in [7, 11) is -4.53. The Bertz CT molecular complexity index is 721. The lowest BCUT2D eigenvalue weighted by atomic mass is 9.96. The molecule has 1 aromatic carbocycles. The Morgan fingerprint density at radius 3 is 2.18 bits per heavy atom.